The van der Waals surface area contributed by atoms with E-state index >= 15 is 0 Å². The van der Waals surface area contributed by atoms with Gasteiger partial charge in [-0.2, -0.15) is 0 Å². The van der Waals surface area contributed by atoms with Crippen LogP contribution < -0.4 is 10.6 Å². The van der Waals surface area contributed by atoms with E-state index < -0.39 is 12.0 Å². The van der Waals surface area contributed by atoms with Crippen molar-refractivity contribution in [2.75, 3.05) is 10.6 Å². The molecule has 6 nitrogen and oxygen atoms in total. The number of oxime groups is 1. The van der Waals surface area contributed by atoms with Crippen molar-refractivity contribution in [1.29, 1.82) is 0 Å². The molecule has 0 spiro atoms. The largest absolute Gasteiger partial charge is 0.437 e. The molecule has 0 aliphatic carbocycles. The van der Waals surface area contributed by atoms with Crippen LogP contribution >= 0.6 is 11.6 Å². The van der Waals surface area contributed by atoms with Crippen molar-refractivity contribution in [1.82, 2.24) is 0 Å². The summed E-state index contributed by atoms with van der Waals surface area (Å²) in [4.78, 5) is 27.4. The number of hydrogen-bond acceptors (Lipinski definition) is 4. The predicted molar refractivity (Wildman–Crippen MR) is 85.1 cm³/mol. The van der Waals surface area contributed by atoms with E-state index in [1.54, 1.807) is 48.5 Å². The molecular weight excluding hydrogens is 306 g/mol. The maximum atomic E-state index is 11.5. The van der Waals surface area contributed by atoms with Crippen LogP contribution in [0.5, 0.6) is 0 Å². The van der Waals surface area contributed by atoms with Gasteiger partial charge in [0.05, 0.1) is 0 Å². The van der Waals surface area contributed by atoms with Crippen LogP contribution in [-0.2, 0) is 9.63 Å². The van der Waals surface area contributed by atoms with Gasteiger partial charge in [0.1, 0.15) is 6.21 Å². The molecular formula is C15H12ClN3O3. The van der Waals surface area contributed by atoms with E-state index in [4.69, 9.17) is 11.6 Å². The number of hydrogen-bond donors (Lipinski definition) is 2. The van der Waals surface area contributed by atoms with Crippen LogP contribution in [0.2, 0.25) is 5.02 Å². The lowest BCUT2D eigenvalue weighted by Crippen LogP contribution is -2.15. The number of anilines is 2. The van der Waals surface area contributed by atoms with Crippen molar-refractivity contribution < 1.29 is 14.4 Å². The third-order valence-electron chi connectivity index (χ3n) is 2.44. The minimum atomic E-state index is -0.814. The first kappa shape index (κ1) is 15.5. The smallest absolute Gasteiger partial charge is 0.321 e. The third kappa shape index (κ3) is 5.26. The molecule has 7 heteroatoms. The van der Waals surface area contributed by atoms with Gasteiger partial charge in [0, 0.05) is 16.4 Å². The molecule has 0 fully saturated rings. The van der Waals surface area contributed by atoms with Crippen molar-refractivity contribution in [2.24, 2.45) is 5.16 Å². The molecule has 0 saturated heterocycles. The fourth-order valence-corrected chi connectivity index (χ4v) is 1.62. The summed E-state index contributed by atoms with van der Waals surface area (Å²) >= 11 is 5.72. The summed E-state index contributed by atoms with van der Waals surface area (Å²) in [5, 5.41) is 8.84. The highest BCUT2D eigenvalue weighted by Gasteiger charge is 2.03. The lowest BCUT2D eigenvalue weighted by atomic mass is 10.3. The number of carbonyl (C=O) groups is 2. The Morgan fingerprint density at radius 2 is 1.59 bits per heavy atom. The molecule has 112 valence electrons. The Kier molecular flexibility index (Phi) is 5.50. The Balaban J connectivity index is 1.78. The average Bonchev–Trinajstić information content (AvgIpc) is 2.50. The number of carbonyl (C=O) groups excluding carboxylic acids is 2. The molecule has 22 heavy (non-hydrogen) atoms. The summed E-state index contributed by atoms with van der Waals surface area (Å²) in [7, 11) is 0. The van der Waals surface area contributed by atoms with Crippen LogP contribution in [0.1, 0.15) is 0 Å². The average molecular weight is 318 g/mol. The van der Waals surface area contributed by atoms with Gasteiger partial charge in [-0.05, 0) is 36.4 Å². The van der Waals surface area contributed by atoms with Crippen molar-refractivity contribution in [2.45, 2.75) is 0 Å². The Labute approximate surface area is 131 Å². The number of para-hydroxylation sites is 1. The Morgan fingerprint density at radius 1 is 0.955 bits per heavy atom. The van der Waals surface area contributed by atoms with Crippen molar-refractivity contribution >= 4 is 41.2 Å². The molecule has 2 amide bonds. The number of amides is 2. The van der Waals surface area contributed by atoms with Crippen molar-refractivity contribution in [3.05, 3.63) is 59.6 Å². The SMILES string of the molecule is O=C(/C=N\OC(=O)Nc1ccc(Cl)cc1)Nc1ccccc1. The number of halogens is 1. The maximum absolute atomic E-state index is 11.5. The lowest BCUT2D eigenvalue weighted by Gasteiger charge is -2.02. The zero-order valence-corrected chi connectivity index (χ0v) is 12.1. The number of nitrogens with zero attached hydrogens (tertiary/aromatic N) is 1. The van der Waals surface area contributed by atoms with Gasteiger partial charge in [-0.25, -0.2) is 4.79 Å². The van der Waals surface area contributed by atoms with Crippen LogP contribution in [-0.4, -0.2) is 18.2 Å². The molecule has 2 N–H and O–H groups in total. The molecule has 2 rings (SSSR count). The first-order valence-electron chi connectivity index (χ1n) is 6.26. The van der Waals surface area contributed by atoms with Gasteiger partial charge in [0.15, 0.2) is 0 Å². The van der Waals surface area contributed by atoms with Crippen LogP contribution in [0.25, 0.3) is 0 Å². The third-order valence-corrected chi connectivity index (χ3v) is 2.69. The molecule has 0 bridgehead atoms. The standard InChI is InChI=1S/C15H12ClN3O3/c16-11-6-8-13(9-7-11)19-15(21)22-17-10-14(20)18-12-4-2-1-3-5-12/h1-10H,(H,18,20)(H,19,21)/b17-10-. The van der Waals surface area contributed by atoms with Gasteiger partial charge in [-0.3, -0.25) is 14.9 Å². The van der Waals surface area contributed by atoms with Crippen LogP contribution in [0.15, 0.2) is 59.8 Å². The summed E-state index contributed by atoms with van der Waals surface area (Å²) in [5.41, 5.74) is 1.11. The molecule has 0 aliphatic heterocycles. The summed E-state index contributed by atoms with van der Waals surface area (Å²) < 4.78 is 0. The quantitative estimate of drug-likeness (QED) is 0.514. The molecule has 0 saturated carbocycles. The van der Waals surface area contributed by atoms with Gasteiger partial charge in [-0.1, -0.05) is 35.0 Å². The summed E-state index contributed by atoms with van der Waals surface area (Å²) in [6.45, 7) is 0. The molecule has 2 aromatic carbocycles. The van der Waals surface area contributed by atoms with Crippen LogP contribution in [0, 0.1) is 0 Å². The second-order valence-corrected chi connectivity index (χ2v) is 4.54. The van der Waals surface area contributed by atoms with E-state index in [1.807, 2.05) is 6.07 Å². The van der Waals surface area contributed by atoms with Gasteiger partial charge in [-0.15, -0.1) is 0 Å². The Hall–Kier alpha value is -2.86. The number of benzene rings is 2. The second-order valence-electron chi connectivity index (χ2n) is 4.10. The normalized spacial score (nSPS) is 10.2. The van der Waals surface area contributed by atoms with E-state index in [0.29, 0.717) is 16.4 Å². The highest BCUT2D eigenvalue weighted by molar-refractivity contribution is 6.31. The van der Waals surface area contributed by atoms with Crippen molar-refractivity contribution in [3.63, 3.8) is 0 Å². The summed E-state index contributed by atoms with van der Waals surface area (Å²) in [6, 6.07) is 15.3. The minimum absolute atomic E-state index is 0.498. The van der Waals surface area contributed by atoms with E-state index in [-0.39, 0.29) is 0 Å². The highest BCUT2D eigenvalue weighted by Crippen LogP contribution is 2.13. The molecule has 0 unspecified atom stereocenters. The molecule has 0 atom stereocenters. The fourth-order valence-electron chi connectivity index (χ4n) is 1.49. The number of nitrogens with one attached hydrogen (secondary N) is 2. The lowest BCUT2D eigenvalue weighted by molar-refractivity contribution is -0.110. The van der Waals surface area contributed by atoms with E-state index in [2.05, 4.69) is 20.6 Å². The van der Waals surface area contributed by atoms with Crippen LogP contribution in [0.4, 0.5) is 16.2 Å². The summed E-state index contributed by atoms with van der Waals surface area (Å²) in [6.07, 6.45) is 0.0557. The Bertz CT molecular complexity index is 672. The molecule has 0 heterocycles. The maximum Gasteiger partial charge on any atom is 0.437 e. The Morgan fingerprint density at radius 3 is 2.27 bits per heavy atom. The van der Waals surface area contributed by atoms with Crippen LogP contribution in [0.3, 0.4) is 0 Å². The summed E-state index contributed by atoms with van der Waals surface area (Å²) in [5.74, 6) is -0.509. The second kappa shape index (κ2) is 7.80. The molecule has 0 radical (unpaired) electrons. The highest BCUT2D eigenvalue weighted by atomic mass is 35.5. The molecule has 0 aromatic heterocycles. The minimum Gasteiger partial charge on any atom is -0.321 e. The van der Waals surface area contributed by atoms with Gasteiger partial charge < -0.3 is 5.32 Å². The first-order valence-corrected chi connectivity index (χ1v) is 6.64. The van der Waals surface area contributed by atoms with Crippen molar-refractivity contribution in [3.8, 4) is 0 Å². The topological polar surface area (TPSA) is 79.8 Å². The van der Waals surface area contributed by atoms with E-state index in [9.17, 15) is 9.59 Å². The monoisotopic (exact) mass is 317 g/mol. The molecule has 0 aliphatic rings. The van der Waals surface area contributed by atoms with Gasteiger partial charge >= 0.3 is 6.09 Å². The predicted octanol–water partition coefficient (Wildman–Crippen LogP) is 3.51. The van der Waals surface area contributed by atoms with E-state index in [0.717, 1.165) is 6.21 Å². The van der Waals surface area contributed by atoms with E-state index in [1.165, 1.54) is 0 Å². The number of rotatable bonds is 4. The fraction of sp³-hybridized carbons (Fsp3) is 0. The zero-order valence-electron chi connectivity index (χ0n) is 11.3. The van der Waals surface area contributed by atoms with Gasteiger partial charge in [0.25, 0.3) is 5.91 Å². The first-order chi connectivity index (χ1) is 10.6. The van der Waals surface area contributed by atoms with Gasteiger partial charge in [0.2, 0.25) is 0 Å². The zero-order chi connectivity index (χ0) is 15.8. The molecule has 2 aromatic rings.